The smallest absolute Gasteiger partial charge is 0.309 e. The van der Waals surface area contributed by atoms with Crippen LogP contribution < -0.4 is 16.0 Å². The minimum absolute atomic E-state index is 0.0137. The molecular formula is C26H40N4O8S2. The van der Waals surface area contributed by atoms with Gasteiger partial charge in [-0.25, -0.2) is 0 Å². The molecule has 2 saturated heterocycles. The van der Waals surface area contributed by atoms with Crippen molar-refractivity contribution in [1.82, 2.24) is 20.9 Å². The highest BCUT2D eigenvalue weighted by atomic mass is 33.1. The van der Waals surface area contributed by atoms with Crippen LogP contribution in [0.1, 0.15) is 46.0 Å². The molecule has 3 aliphatic heterocycles. The van der Waals surface area contributed by atoms with E-state index in [1.807, 2.05) is 6.08 Å². The van der Waals surface area contributed by atoms with Crippen molar-refractivity contribution in [2.45, 2.75) is 76.3 Å². The highest BCUT2D eigenvalue weighted by molar-refractivity contribution is 8.76. The van der Waals surface area contributed by atoms with Crippen molar-refractivity contribution < 1.29 is 38.6 Å². The van der Waals surface area contributed by atoms with E-state index >= 15 is 0 Å². The predicted octanol–water partition coefficient (Wildman–Crippen LogP) is 0.144. The molecule has 2 fully saturated rings. The lowest BCUT2D eigenvalue weighted by Gasteiger charge is -2.30. The molecule has 40 heavy (non-hydrogen) atoms. The number of carbonyl (C=O) groups is 5. The van der Waals surface area contributed by atoms with Gasteiger partial charge < -0.3 is 35.4 Å². The summed E-state index contributed by atoms with van der Waals surface area (Å²) in [6.07, 6.45) is 1.39. The Morgan fingerprint density at radius 3 is 2.55 bits per heavy atom. The monoisotopic (exact) mass is 600 g/mol. The van der Waals surface area contributed by atoms with E-state index in [0.29, 0.717) is 38.5 Å². The third kappa shape index (κ3) is 10.3. The summed E-state index contributed by atoms with van der Waals surface area (Å²) in [5, 5.41) is 19.0. The van der Waals surface area contributed by atoms with Crippen LogP contribution in [-0.2, 0) is 33.4 Å². The molecule has 0 unspecified atom stereocenters. The van der Waals surface area contributed by atoms with E-state index in [4.69, 9.17) is 9.47 Å². The molecule has 4 amide bonds. The average molecular weight is 601 g/mol. The first kappa shape index (κ1) is 32.2. The highest BCUT2D eigenvalue weighted by Gasteiger charge is 2.34. The Hall–Kier alpha value is -2.29. The summed E-state index contributed by atoms with van der Waals surface area (Å²) < 4.78 is 10.8. The van der Waals surface area contributed by atoms with Crippen LogP contribution in [-0.4, -0.2) is 108 Å². The van der Waals surface area contributed by atoms with Crippen molar-refractivity contribution in [3.05, 3.63) is 12.2 Å². The Morgan fingerprint density at radius 2 is 1.82 bits per heavy atom. The maximum atomic E-state index is 13.5. The lowest BCUT2D eigenvalue weighted by atomic mass is 9.96. The molecule has 0 saturated carbocycles. The maximum Gasteiger partial charge on any atom is 0.309 e. The standard InChI is InChI=1S/C26H40N4O8S2/c1-16(2)24-20(31)14-23(34)38-17-5-3-4-12-39-40-15-19(26(36)29-24)28-25(35)18(27-21(32)13-17)6-7-22(33)30-8-10-37-11-9-30/h3,5,16-20,24,31H,4,6-15H2,1-2H3,(H,27,32)(H,28,35)(H,29,36)/b5-3+/t17-,18-,19+,20+,24-/m1/s1. The summed E-state index contributed by atoms with van der Waals surface area (Å²) in [6, 6.07) is -2.84. The van der Waals surface area contributed by atoms with Gasteiger partial charge in [-0.05, 0) is 24.8 Å². The second-order valence-electron chi connectivity index (χ2n) is 10.3. The fourth-order valence-electron chi connectivity index (χ4n) is 4.57. The number of hydrogen-bond donors (Lipinski definition) is 4. The Labute approximate surface area is 242 Å². The average Bonchev–Trinajstić information content (AvgIpc) is 2.91. The number of nitrogens with zero attached hydrogens (tertiary/aromatic N) is 1. The summed E-state index contributed by atoms with van der Waals surface area (Å²) in [5.41, 5.74) is 0. The Balaban J connectivity index is 1.89. The maximum absolute atomic E-state index is 13.5. The minimum atomic E-state index is -1.23. The lowest BCUT2D eigenvalue weighted by molar-refractivity contribution is -0.151. The first-order chi connectivity index (χ1) is 19.1. The number of esters is 1. The second-order valence-corrected chi connectivity index (χ2v) is 12.9. The molecule has 0 aromatic carbocycles. The molecule has 12 nitrogen and oxygen atoms in total. The summed E-state index contributed by atoms with van der Waals surface area (Å²) in [6.45, 7) is 5.42. The van der Waals surface area contributed by atoms with E-state index in [-0.39, 0.29) is 43.3 Å². The zero-order valence-electron chi connectivity index (χ0n) is 23.0. The molecule has 0 radical (unpaired) electrons. The third-order valence-corrected chi connectivity index (χ3v) is 9.27. The molecule has 4 N–H and O–H groups in total. The van der Waals surface area contributed by atoms with E-state index < -0.39 is 54.0 Å². The van der Waals surface area contributed by atoms with Crippen LogP contribution in [0.15, 0.2) is 12.2 Å². The number of aliphatic hydroxyl groups excluding tert-OH is 1. The van der Waals surface area contributed by atoms with E-state index in [1.54, 1.807) is 24.8 Å². The van der Waals surface area contributed by atoms with Crippen molar-refractivity contribution in [1.29, 1.82) is 0 Å². The molecule has 14 heteroatoms. The molecule has 3 aliphatic rings. The molecule has 224 valence electrons. The van der Waals surface area contributed by atoms with Gasteiger partial charge in [0.2, 0.25) is 23.6 Å². The molecule has 0 aliphatic carbocycles. The molecule has 0 aromatic heterocycles. The Bertz CT molecular complexity index is 944. The first-order valence-electron chi connectivity index (χ1n) is 13.7. The van der Waals surface area contributed by atoms with Crippen LogP contribution in [0.5, 0.6) is 0 Å². The number of morpholine rings is 1. The van der Waals surface area contributed by atoms with Gasteiger partial charge in [0, 0.05) is 31.0 Å². The summed E-state index contributed by atoms with van der Waals surface area (Å²) >= 11 is 0. The number of aliphatic hydroxyl groups is 1. The fraction of sp³-hybridized carbons (Fsp3) is 0.731. The molecule has 3 heterocycles. The number of rotatable bonds is 4. The largest absolute Gasteiger partial charge is 0.457 e. The molecule has 0 aromatic rings. The van der Waals surface area contributed by atoms with Crippen LogP contribution in [0.2, 0.25) is 0 Å². The van der Waals surface area contributed by atoms with Crippen molar-refractivity contribution in [3.8, 4) is 0 Å². The van der Waals surface area contributed by atoms with Gasteiger partial charge in [-0.15, -0.1) is 0 Å². The number of allylic oxidation sites excluding steroid dienone is 1. The minimum Gasteiger partial charge on any atom is -0.457 e. The van der Waals surface area contributed by atoms with Gasteiger partial charge in [0.15, 0.2) is 0 Å². The van der Waals surface area contributed by atoms with Gasteiger partial charge in [0.25, 0.3) is 0 Å². The molecule has 5 atom stereocenters. The van der Waals surface area contributed by atoms with Crippen LogP contribution in [0.3, 0.4) is 0 Å². The Morgan fingerprint density at radius 1 is 1.07 bits per heavy atom. The van der Waals surface area contributed by atoms with Gasteiger partial charge in [-0.1, -0.05) is 41.5 Å². The van der Waals surface area contributed by atoms with Gasteiger partial charge >= 0.3 is 5.97 Å². The number of carbonyl (C=O) groups excluding carboxylic acids is 5. The summed E-state index contributed by atoms with van der Waals surface area (Å²) in [4.78, 5) is 67.0. The SMILES string of the molecule is CC(C)[C@H]1NC(=O)[C@@H]2CSSCC/C=C/[C@H](CC(=O)N[C@H](CCC(=O)N3CCOCC3)C(=O)N2)OC(=O)C[C@@H]1O. The number of amides is 4. The van der Waals surface area contributed by atoms with Crippen molar-refractivity contribution in [2.24, 2.45) is 5.92 Å². The van der Waals surface area contributed by atoms with E-state index in [1.165, 1.54) is 21.6 Å². The molecular weight excluding hydrogens is 560 g/mol. The zero-order chi connectivity index (χ0) is 29.1. The van der Waals surface area contributed by atoms with E-state index in [2.05, 4.69) is 16.0 Å². The summed E-state index contributed by atoms with van der Waals surface area (Å²) in [7, 11) is 2.95. The summed E-state index contributed by atoms with van der Waals surface area (Å²) in [5.74, 6) is -1.79. The van der Waals surface area contributed by atoms with Crippen molar-refractivity contribution in [3.63, 3.8) is 0 Å². The van der Waals surface area contributed by atoms with Crippen molar-refractivity contribution in [2.75, 3.05) is 37.8 Å². The Kier molecular flexibility index (Phi) is 13.1. The zero-order valence-corrected chi connectivity index (χ0v) is 24.6. The van der Waals surface area contributed by atoms with Gasteiger partial charge in [-0.3, -0.25) is 24.0 Å². The normalized spacial score (nSPS) is 30.6. The highest BCUT2D eigenvalue weighted by Crippen LogP contribution is 2.24. The first-order valence-corrected chi connectivity index (χ1v) is 16.2. The molecule has 2 bridgehead atoms. The number of fused-ring (bicyclic) bond motifs is 7. The number of ether oxygens (including phenoxy) is 2. The van der Waals surface area contributed by atoms with Crippen molar-refractivity contribution >= 4 is 51.2 Å². The van der Waals surface area contributed by atoms with Crippen LogP contribution in [0, 0.1) is 5.92 Å². The quantitative estimate of drug-likeness (QED) is 0.198. The van der Waals surface area contributed by atoms with Gasteiger partial charge in [0.05, 0.1) is 38.2 Å². The molecule has 3 rings (SSSR count). The van der Waals surface area contributed by atoms with Crippen LogP contribution >= 0.6 is 21.6 Å². The van der Waals surface area contributed by atoms with Gasteiger partial charge in [-0.2, -0.15) is 0 Å². The van der Waals surface area contributed by atoms with E-state index in [0.717, 1.165) is 0 Å². The van der Waals surface area contributed by atoms with Gasteiger partial charge in [0.1, 0.15) is 18.2 Å². The second kappa shape index (κ2) is 16.2. The lowest BCUT2D eigenvalue weighted by Crippen LogP contribution is -2.58. The van der Waals surface area contributed by atoms with Crippen LogP contribution in [0.25, 0.3) is 0 Å². The van der Waals surface area contributed by atoms with E-state index in [9.17, 15) is 29.1 Å². The topological polar surface area (TPSA) is 163 Å². The number of hydrogen-bond acceptors (Lipinski definition) is 10. The molecule has 0 spiro atoms. The predicted molar refractivity (Wildman–Crippen MR) is 151 cm³/mol. The number of nitrogens with one attached hydrogen (secondary N) is 3. The van der Waals surface area contributed by atoms with Crippen LogP contribution in [0.4, 0.5) is 0 Å². The third-order valence-electron chi connectivity index (χ3n) is 6.82. The fourth-order valence-corrected chi connectivity index (χ4v) is 6.73.